The molecule has 0 aliphatic carbocycles. The number of esters is 1. The highest BCUT2D eigenvalue weighted by atomic mass is 79.9. The van der Waals surface area contributed by atoms with Gasteiger partial charge >= 0.3 is 5.97 Å². The van der Waals surface area contributed by atoms with Crippen LogP contribution in [0, 0.1) is 0 Å². The van der Waals surface area contributed by atoms with Crippen molar-refractivity contribution < 1.29 is 14.3 Å². The molecule has 0 saturated heterocycles. The highest BCUT2D eigenvalue weighted by molar-refractivity contribution is 9.09. The average Bonchev–Trinajstić information content (AvgIpc) is 2.25. The lowest BCUT2D eigenvalue weighted by Crippen LogP contribution is -2.10. The fourth-order valence-electron chi connectivity index (χ4n) is 0.905. The van der Waals surface area contributed by atoms with Gasteiger partial charge in [-0.2, -0.15) is 0 Å². The summed E-state index contributed by atoms with van der Waals surface area (Å²) in [5.74, 6) is -0.316. The van der Waals surface area contributed by atoms with Crippen LogP contribution in [0.2, 0.25) is 0 Å². The third kappa shape index (κ3) is 3.89. The Labute approximate surface area is 91.1 Å². The van der Waals surface area contributed by atoms with Crippen LogP contribution in [0.15, 0.2) is 30.3 Å². The maximum atomic E-state index is 11.3. The molecule has 0 fully saturated rings. The molecule has 0 unspecified atom stereocenters. The lowest BCUT2D eigenvalue weighted by molar-refractivity contribution is 0.0377. The van der Waals surface area contributed by atoms with E-state index >= 15 is 0 Å². The Kier molecular flexibility index (Phi) is 5.25. The molecule has 1 rings (SSSR count). The SMILES string of the molecule is O=C(OCCOCBr)c1ccccc1. The average molecular weight is 259 g/mol. The number of carbonyl (C=O) groups is 1. The Morgan fingerprint density at radius 1 is 1.21 bits per heavy atom. The van der Waals surface area contributed by atoms with Crippen molar-refractivity contribution in [3.8, 4) is 0 Å². The van der Waals surface area contributed by atoms with E-state index in [0.717, 1.165) is 0 Å². The highest BCUT2D eigenvalue weighted by Gasteiger charge is 2.04. The predicted octanol–water partition coefficient (Wildman–Crippen LogP) is 2.21. The lowest BCUT2D eigenvalue weighted by Gasteiger charge is -2.03. The number of hydrogen-bond donors (Lipinski definition) is 0. The predicted molar refractivity (Wildman–Crippen MR) is 56.5 cm³/mol. The third-order valence-corrected chi connectivity index (χ3v) is 1.87. The molecule has 0 heterocycles. The molecule has 0 aromatic heterocycles. The summed E-state index contributed by atoms with van der Waals surface area (Å²) in [6, 6.07) is 8.88. The second kappa shape index (κ2) is 6.56. The molecule has 0 saturated carbocycles. The van der Waals surface area contributed by atoms with Crippen molar-refractivity contribution in [3.63, 3.8) is 0 Å². The zero-order valence-corrected chi connectivity index (χ0v) is 9.20. The van der Waals surface area contributed by atoms with Crippen molar-refractivity contribution in [2.75, 3.05) is 18.7 Å². The van der Waals surface area contributed by atoms with Gasteiger partial charge in [0, 0.05) is 0 Å². The van der Waals surface area contributed by atoms with Gasteiger partial charge in [-0.3, -0.25) is 0 Å². The minimum absolute atomic E-state index is 0.277. The minimum Gasteiger partial charge on any atom is -0.460 e. The van der Waals surface area contributed by atoms with Gasteiger partial charge in [-0.25, -0.2) is 4.79 Å². The van der Waals surface area contributed by atoms with Crippen LogP contribution in [0.5, 0.6) is 0 Å². The summed E-state index contributed by atoms with van der Waals surface area (Å²) in [5.41, 5.74) is 1.02. The monoisotopic (exact) mass is 258 g/mol. The van der Waals surface area contributed by atoms with E-state index in [1.54, 1.807) is 24.3 Å². The standard InChI is InChI=1S/C10H11BrO3/c11-8-13-6-7-14-10(12)9-4-2-1-3-5-9/h1-5H,6-8H2. The van der Waals surface area contributed by atoms with Gasteiger partial charge in [0.25, 0.3) is 0 Å². The largest absolute Gasteiger partial charge is 0.460 e. The van der Waals surface area contributed by atoms with Crippen LogP contribution in [0.4, 0.5) is 0 Å². The molecule has 0 atom stereocenters. The number of hydrogen-bond acceptors (Lipinski definition) is 3. The normalized spacial score (nSPS) is 9.79. The van der Waals surface area contributed by atoms with E-state index in [-0.39, 0.29) is 12.6 Å². The Morgan fingerprint density at radius 2 is 1.93 bits per heavy atom. The molecule has 0 aliphatic heterocycles. The summed E-state index contributed by atoms with van der Waals surface area (Å²) in [7, 11) is 0. The molecule has 0 spiro atoms. The number of ether oxygens (including phenoxy) is 2. The Bertz CT molecular complexity index is 274. The molecule has 1 aromatic carbocycles. The molecule has 1 aromatic rings. The number of carbonyl (C=O) groups excluding carboxylic acids is 1. The van der Waals surface area contributed by atoms with Gasteiger partial charge in [-0.15, -0.1) is 0 Å². The summed E-state index contributed by atoms with van der Waals surface area (Å²) in [4.78, 5) is 11.3. The number of alkyl halides is 1. The molecule has 0 bridgehead atoms. The zero-order chi connectivity index (χ0) is 10.2. The summed E-state index contributed by atoms with van der Waals surface area (Å²) in [6.07, 6.45) is 0. The van der Waals surface area contributed by atoms with E-state index in [4.69, 9.17) is 9.47 Å². The van der Waals surface area contributed by atoms with Crippen LogP contribution in [-0.2, 0) is 9.47 Å². The molecule has 0 radical (unpaired) electrons. The van der Waals surface area contributed by atoms with Gasteiger partial charge in [0.2, 0.25) is 0 Å². The maximum Gasteiger partial charge on any atom is 0.338 e. The van der Waals surface area contributed by atoms with E-state index in [2.05, 4.69) is 15.9 Å². The van der Waals surface area contributed by atoms with Gasteiger partial charge < -0.3 is 9.47 Å². The van der Waals surface area contributed by atoms with Gasteiger partial charge in [0.05, 0.1) is 12.2 Å². The fraction of sp³-hybridized carbons (Fsp3) is 0.300. The minimum atomic E-state index is -0.316. The van der Waals surface area contributed by atoms with E-state index in [1.807, 2.05) is 6.07 Å². The first-order valence-electron chi connectivity index (χ1n) is 4.20. The van der Waals surface area contributed by atoms with E-state index in [1.165, 1.54) is 0 Å². The van der Waals surface area contributed by atoms with Crippen molar-refractivity contribution in [1.29, 1.82) is 0 Å². The van der Waals surface area contributed by atoms with Crippen LogP contribution in [0.1, 0.15) is 10.4 Å². The Hall–Kier alpha value is -0.870. The van der Waals surface area contributed by atoms with Crippen LogP contribution in [-0.4, -0.2) is 24.7 Å². The van der Waals surface area contributed by atoms with Gasteiger partial charge in [0.15, 0.2) is 0 Å². The lowest BCUT2D eigenvalue weighted by atomic mass is 10.2. The van der Waals surface area contributed by atoms with Gasteiger partial charge in [-0.05, 0) is 12.1 Å². The Balaban J connectivity index is 2.29. The second-order valence-corrected chi connectivity index (χ2v) is 2.98. The maximum absolute atomic E-state index is 11.3. The third-order valence-electron chi connectivity index (χ3n) is 1.55. The first kappa shape index (κ1) is 11.2. The molecule has 0 N–H and O–H groups in total. The van der Waals surface area contributed by atoms with Crippen molar-refractivity contribution in [3.05, 3.63) is 35.9 Å². The van der Waals surface area contributed by atoms with Crippen molar-refractivity contribution in [2.45, 2.75) is 0 Å². The smallest absolute Gasteiger partial charge is 0.338 e. The first-order valence-corrected chi connectivity index (χ1v) is 5.32. The van der Waals surface area contributed by atoms with Gasteiger partial charge in [0.1, 0.15) is 12.1 Å². The molecule has 76 valence electrons. The zero-order valence-electron chi connectivity index (χ0n) is 7.61. The fourth-order valence-corrected chi connectivity index (χ4v) is 1.13. The van der Waals surface area contributed by atoms with Crippen molar-refractivity contribution in [2.24, 2.45) is 0 Å². The number of halogens is 1. The van der Waals surface area contributed by atoms with Crippen LogP contribution in [0.3, 0.4) is 0 Å². The molecule has 0 amide bonds. The van der Waals surface area contributed by atoms with E-state index < -0.39 is 0 Å². The summed E-state index contributed by atoms with van der Waals surface area (Å²) in [5, 5.41) is 0. The van der Waals surface area contributed by atoms with Gasteiger partial charge in [-0.1, -0.05) is 34.1 Å². The first-order chi connectivity index (χ1) is 6.84. The summed E-state index contributed by atoms with van der Waals surface area (Å²) in [6.45, 7) is 0.684. The van der Waals surface area contributed by atoms with Crippen LogP contribution >= 0.6 is 15.9 Å². The number of benzene rings is 1. The van der Waals surface area contributed by atoms with Crippen LogP contribution in [0.25, 0.3) is 0 Å². The van der Waals surface area contributed by atoms with E-state index in [0.29, 0.717) is 17.7 Å². The van der Waals surface area contributed by atoms with Crippen LogP contribution < -0.4 is 0 Å². The van der Waals surface area contributed by atoms with E-state index in [9.17, 15) is 4.79 Å². The summed E-state index contributed by atoms with van der Waals surface area (Å²) >= 11 is 3.10. The van der Waals surface area contributed by atoms with Crippen molar-refractivity contribution >= 4 is 21.9 Å². The molecule has 3 nitrogen and oxygen atoms in total. The summed E-state index contributed by atoms with van der Waals surface area (Å²) < 4.78 is 9.90. The second-order valence-electron chi connectivity index (χ2n) is 2.52. The highest BCUT2D eigenvalue weighted by Crippen LogP contribution is 2.00. The topological polar surface area (TPSA) is 35.5 Å². The Morgan fingerprint density at radius 3 is 2.57 bits per heavy atom. The molecular formula is C10H11BrO3. The van der Waals surface area contributed by atoms with Crippen molar-refractivity contribution in [1.82, 2.24) is 0 Å². The quantitative estimate of drug-likeness (QED) is 0.462. The molecule has 4 heteroatoms. The molecular weight excluding hydrogens is 248 g/mol. The number of rotatable bonds is 5. The molecule has 14 heavy (non-hydrogen) atoms. The molecule has 0 aliphatic rings.